The molecule has 4 heteroatoms. The van der Waals surface area contributed by atoms with Gasteiger partial charge >= 0.3 is 6.09 Å². The topological polar surface area (TPSA) is 49.8 Å². The number of carbonyl (C=O) groups excluding carboxylic acids is 1. The Labute approximate surface area is 75.3 Å². The van der Waals surface area contributed by atoms with Gasteiger partial charge in [-0.1, -0.05) is 18.2 Å². The van der Waals surface area contributed by atoms with Gasteiger partial charge in [0.15, 0.2) is 6.23 Å². The van der Waals surface area contributed by atoms with E-state index in [9.17, 15) is 9.90 Å². The molecule has 1 aliphatic rings. The molecule has 1 atom stereocenters. The number of aliphatic hydroxyl groups excluding tert-OH is 1. The van der Waals surface area contributed by atoms with Crippen LogP contribution in [0.3, 0.4) is 0 Å². The average Bonchev–Trinajstić information content (AvgIpc) is 2.48. The lowest BCUT2D eigenvalue weighted by Gasteiger charge is -2.16. The fourth-order valence-corrected chi connectivity index (χ4v) is 1.28. The van der Waals surface area contributed by atoms with E-state index in [1.165, 1.54) is 4.90 Å². The second kappa shape index (κ2) is 3.06. The van der Waals surface area contributed by atoms with E-state index in [4.69, 9.17) is 0 Å². The third-order valence-electron chi connectivity index (χ3n) is 1.88. The second-order valence-electron chi connectivity index (χ2n) is 2.76. The van der Waals surface area contributed by atoms with Gasteiger partial charge in [-0.15, -0.1) is 0 Å². The highest BCUT2D eigenvalue weighted by Crippen LogP contribution is 2.20. The molecule has 1 fully saturated rings. The van der Waals surface area contributed by atoms with E-state index in [1.807, 2.05) is 6.07 Å². The standard InChI is InChI=1S/C9H9NO3/c11-8-6-13-9(12)10(8)7-4-2-1-3-5-7/h1-5,8,11H,6H2. The normalized spacial score (nSPS) is 21.8. The molecule has 1 N–H and O–H groups in total. The van der Waals surface area contributed by atoms with Crippen molar-refractivity contribution in [2.75, 3.05) is 11.5 Å². The van der Waals surface area contributed by atoms with Gasteiger partial charge in [-0.05, 0) is 12.1 Å². The second-order valence-corrected chi connectivity index (χ2v) is 2.76. The van der Waals surface area contributed by atoms with Gasteiger partial charge in [0.25, 0.3) is 0 Å². The lowest BCUT2D eigenvalue weighted by molar-refractivity contribution is 0.135. The molecule has 68 valence electrons. The number of anilines is 1. The number of nitrogens with zero attached hydrogens (tertiary/aromatic N) is 1. The lowest BCUT2D eigenvalue weighted by Crippen LogP contribution is -2.32. The van der Waals surface area contributed by atoms with E-state index in [-0.39, 0.29) is 6.61 Å². The number of hydrogen-bond acceptors (Lipinski definition) is 3. The summed E-state index contributed by atoms with van der Waals surface area (Å²) in [6.45, 7) is 0.0354. The Balaban J connectivity index is 2.30. The number of carbonyl (C=O) groups is 1. The van der Waals surface area contributed by atoms with Gasteiger partial charge in [0.2, 0.25) is 0 Å². The number of para-hydroxylation sites is 1. The molecule has 1 unspecified atom stereocenters. The van der Waals surface area contributed by atoms with Crippen molar-refractivity contribution in [3.63, 3.8) is 0 Å². The molecule has 13 heavy (non-hydrogen) atoms. The van der Waals surface area contributed by atoms with Crippen molar-refractivity contribution < 1.29 is 14.6 Å². The van der Waals surface area contributed by atoms with Crippen molar-refractivity contribution in [3.8, 4) is 0 Å². The molecule has 0 aromatic heterocycles. The number of amides is 1. The summed E-state index contributed by atoms with van der Waals surface area (Å²) in [7, 11) is 0. The lowest BCUT2D eigenvalue weighted by atomic mass is 10.3. The molecule has 0 aliphatic carbocycles. The Hall–Kier alpha value is -1.55. The zero-order valence-electron chi connectivity index (χ0n) is 6.88. The highest BCUT2D eigenvalue weighted by molar-refractivity contribution is 5.89. The summed E-state index contributed by atoms with van der Waals surface area (Å²) in [6.07, 6.45) is -1.37. The monoisotopic (exact) mass is 179 g/mol. The van der Waals surface area contributed by atoms with Crippen LogP contribution >= 0.6 is 0 Å². The average molecular weight is 179 g/mol. The first-order valence-electron chi connectivity index (χ1n) is 3.98. The maximum absolute atomic E-state index is 11.1. The molecule has 1 amide bonds. The highest BCUT2D eigenvalue weighted by Gasteiger charge is 2.32. The van der Waals surface area contributed by atoms with E-state index in [2.05, 4.69) is 4.74 Å². The van der Waals surface area contributed by atoms with Crippen LogP contribution in [-0.2, 0) is 4.74 Å². The molecule has 4 nitrogen and oxygen atoms in total. The van der Waals surface area contributed by atoms with E-state index >= 15 is 0 Å². The Bertz CT molecular complexity index is 312. The van der Waals surface area contributed by atoms with Crippen LogP contribution < -0.4 is 4.90 Å². The number of cyclic esters (lactones) is 1. The smallest absolute Gasteiger partial charge is 0.416 e. The predicted octanol–water partition coefficient (Wildman–Crippen LogP) is 0.962. The summed E-state index contributed by atoms with van der Waals surface area (Å²) < 4.78 is 4.67. The van der Waals surface area contributed by atoms with Crippen LogP contribution in [0.25, 0.3) is 0 Å². The molecule has 1 heterocycles. The first-order chi connectivity index (χ1) is 6.29. The molecule has 1 aromatic carbocycles. The quantitative estimate of drug-likeness (QED) is 0.698. The first kappa shape index (κ1) is 8.07. The third kappa shape index (κ3) is 1.36. The van der Waals surface area contributed by atoms with E-state index < -0.39 is 12.3 Å². The molecule has 1 saturated heterocycles. The summed E-state index contributed by atoms with van der Waals surface area (Å²) in [5.74, 6) is 0. The predicted molar refractivity (Wildman–Crippen MR) is 46.3 cm³/mol. The molecule has 0 saturated carbocycles. The highest BCUT2D eigenvalue weighted by atomic mass is 16.6. The van der Waals surface area contributed by atoms with Crippen LogP contribution in [-0.4, -0.2) is 24.0 Å². The Morgan fingerprint density at radius 1 is 1.38 bits per heavy atom. The number of rotatable bonds is 1. The van der Waals surface area contributed by atoms with Gasteiger partial charge in [0.05, 0.1) is 0 Å². The molecular formula is C9H9NO3. The van der Waals surface area contributed by atoms with Gasteiger partial charge in [-0.2, -0.15) is 0 Å². The van der Waals surface area contributed by atoms with E-state index in [0.29, 0.717) is 5.69 Å². The molecule has 0 bridgehead atoms. The van der Waals surface area contributed by atoms with Gasteiger partial charge < -0.3 is 9.84 Å². The van der Waals surface area contributed by atoms with E-state index in [1.54, 1.807) is 24.3 Å². The maximum Gasteiger partial charge on any atom is 0.416 e. The van der Waals surface area contributed by atoms with Crippen LogP contribution in [0.5, 0.6) is 0 Å². The van der Waals surface area contributed by atoms with Crippen LogP contribution in [0.4, 0.5) is 10.5 Å². The first-order valence-corrected chi connectivity index (χ1v) is 3.98. The molecule has 0 radical (unpaired) electrons. The Morgan fingerprint density at radius 2 is 2.08 bits per heavy atom. The summed E-state index contributed by atoms with van der Waals surface area (Å²) in [5, 5.41) is 9.39. The van der Waals surface area contributed by atoms with Gasteiger partial charge in [-0.25, -0.2) is 9.69 Å². The van der Waals surface area contributed by atoms with Gasteiger partial charge in [-0.3, -0.25) is 0 Å². The molecule has 0 spiro atoms. The summed E-state index contributed by atoms with van der Waals surface area (Å²) in [5.41, 5.74) is 0.650. The van der Waals surface area contributed by atoms with Crippen LogP contribution in [0, 0.1) is 0 Å². The Kier molecular flexibility index (Phi) is 1.90. The van der Waals surface area contributed by atoms with Crippen molar-refractivity contribution in [1.29, 1.82) is 0 Å². The Morgan fingerprint density at radius 3 is 2.62 bits per heavy atom. The molecule has 2 rings (SSSR count). The fourth-order valence-electron chi connectivity index (χ4n) is 1.28. The van der Waals surface area contributed by atoms with Crippen LogP contribution in [0.1, 0.15) is 0 Å². The molecule has 1 aliphatic heterocycles. The number of ether oxygens (including phenoxy) is 1. The van der Waals surface area contributed by atoms with Crippen molar-refractivity contribution in [1.82, 2.24) is 0 Å². The zero-order valence-corrected chi connectivity index (χ0v) is 6.88. The minimum Gasteiger partial charge on any atom is -0.444 e. The summed E-state index contributed by atoms with van der Waals surface area (Å²) >= 11 is 0. The number of aliphatic hydroxyl groups is 1. The number of hydrogen-bond donors (Lipinski definition) is 1. The SMILES string of the molecule is O=C1OCC(O)N1c1ccccc1. The van der Waals surface area contributed by atoms with Crippen LogP contribution in [0.15, 0.2) is 30.3 Å². The van der Waals surface area contributed by atoms with Gasteiger partial charge in [0.1, 0.15) is 6.61 Å². The van der Waals surface area contributed by atoms with Crippen molar-refractivity contribution in [2.24, 2.45) is 0 Å². The van der Waals surface area contributed by atoms with Crippen molar-refractivity contribution in [3.05, 3.63) is 30.3 Å². The maximum atomic E-state index is 11.1. The molecule has 1 aromatic rings. The zero-order chi connectivity index (χ0) is 9.26. The number of benzene rings is 1. The summed E-state index contributed by atoms with van der Waals surface area (Å²) in [4.78, 5) is 12.4. The van der Waals surface area contributed by atoms with Crippen LogP contribution in [0.2, 0.25) is 0 Å². The summed E-state index contributed by atoms with van der Waals surface area (Å²) in [6, 6.07) is 8.93. The fraction of sp³-hybridized carbons (Fsp3) is 0.222. The molecular weight excluding hydrogens is 170 g/mol. The minimum absolute atomic E-state index is 0.0354. The van der Waals surface area contributed by atoms with Gasteiger partial charge in [0, 0.05) is 5.69 Å². The van der Waals surface area contributed by atoms with Crippen molar-refractivity contribution >= 4 is 11.8 Å². The third-order valence-corrected chi connectivity index (χ3v) is 1.88. The van der Waals surface area contributed by atoms with Crippen molar-refractivity contribution in [2.45, 2.75) is 6.23 Å². The minimum atomic E-state index is -0.866. The largest absolute Gasteiger partial charge is 0.444 e. The van der Waals surface area contributed by atoms with E-state index in [0.717, 1.165) is 0 Å².